The Morgan fingerprint density at radius 3 is 1.62 bits per heavy atom. The van der Waals surface area contributed by atoms with Crippen molar-refractivity contribution in [2.75, 3.05) is 0 Å². The highest BCUT2D eigenvalue weighted by molar-refractivity contribution is 7.86. The van der Waals surface area contributed by atoms with Gasteiger partial charge < -0.3 is 4.57 Å². The third-order valence-corrected chi connectivity index (χ3v) is 13.3. The van der Waals surface area contributed by atoms with Gasteiger partial charge in [-0.05, 0) is 47.5 Å². The van der Waals surface area contributed by atoms with Crippen molar-refractivity contribution in [3.8, 4) is 34.4 Å². The van der Waals surface area contributed by atoms with Gasteiger partial charge in [0.25, 0.3) is 0 Å². The maximum absolute atomic E-state index is 15.9. The van der Waals surface area contributed by atoms with Crippen LogP contribution in [-0.2, 0) is 4.57 Å². The van der Waals surface area contributed by atoms with Crippen LogP contribution < -0.4 is 15.9 Å². The maximum Gasteiger partial charge on any atom is 0.241 e. The van der Waals surface area contributed by atoms with E-state index in [1.807, 2.05) is 106 Å². The zero-order valence-corrected chi connectivity index (χ0v) is 28.4. The molecule has 0 radical (unpaired) electrons. The average Bonchev–Trinajstić information content (AvgIpc) is 3.83. The zero-order chi connectivity index (χ0) is 34.4. The predicted molar refractivity (Wildman–Crippen MR) is 208 cm³/mol. The number of hydrogen-bond donors (Lipinski definition) is 0. The highest BCUT2D eigenvalue weighted by atomic mass is 31.2. The van der Waals surface area contributed by atoms with Crippen molar-refractivity contribution in [1.82, 2.24) is 34.1 Å². The SMILES string of the molecule is O=P1(c2ccccc2)c2ccccc2-c2cccc(-c3nc(-n4c5ccccc5c5cccnc54)nc(-n4c5ccccc5c5cccnc54)n3)c21. The van der Waals surface area contributed by atoms with Crippen molar-refractivity contribution in [1.29, 1.82) is 0 Å². The molecule has 1 aliphatic rings. The molecule has 0 aliphatic carbocycles. The van der Waals surface area contributed by atoms with Crippen LogP contribution in [-0.4, -0.2) is 34.1 Å². The molecule has 0 spiro atoms. The van der Waals surface area contributed by atoms with Gasteiger partial charge in [-0.25, -0.2) is 9.97 Å². The van der Waals surface area contributed by atoms with Crippen LogP contribution in [0.15, 0.2) is 158 Å². The molecule has 10 aromatic rings. The molecule has 0 N–H and O–H groups in total. The topological polar surface area (TPSA) is 91.4 Å². The number of rotatable bonds is 4. The van der Waals surface area contributed by atoms with E-state index in [9.17, 15) is 0 Å². The van der Waals surface area contributed by atoms with Gasteiger partial charge in [0.05, 0.1) is 11.0 Å². The van der Waals surface area contributed by atoms with Gasteiger partial charge >= 0.3 is 0 Å². The Morgan fingerprint density at radius 2 is 0.962 bits per heavy atom. The Bertz CT molecular complexity index is 2890. The minimum atomic E-state index is -3.35. The Labute approximate surface area is 297 Å². The molecule has 0 fully saturated rings. The molecular formula is C43H26N7OP. The maximum atomic E-state index is 15.9. The summed E-state index contributed by atoms with van der Waals surface area (Å²) in [6.45, 7) is 0. The van der Waals surface area contributed by atoms with E-state index in [-0.39, 0.29) is 0 Å². The summed E-state index contributed by atoms with van der Waals surface area (Å²) in [6, 6.07) is 48.2. The van der Waals surface area contributed by atoms with Crippen LogP contribution in [0.3, 0.4) is 0 Å². The van der Waals surface area contributed by atoms with Crippen molar-refractivity contribution in [3.63, 3.8) is 0 Å². The summed E-state index contributed by atoms with van der Waals surface area (Å²) in [4.78, 5) is 25.4. The fourth-order valence-corrected chi connectivity index (χ4v) is 11.2. The van der Waals surface area contributed by atoms with E-state index in [0.29, 0.717) is 23.3 Å². The lowest BCUT2D eigenvalue weighted by Gasteiger charge is -2.19. The highest BCUT2D eigenvalue weighted by Crippen LogP contribution is 2.54. The number of aromatic nitrogens is 7. The van der Waals surface area contributed by atoms with Gasteiger partial charge in [-0.15, -0.1) is 0 Å². The van der Waals surface area contributed by atoms with E-state index in [0.717, 1.165) is 70.9 Å². The Kier molecular flexibility index (Phi) is 6.06. The van der Waals surface area contributed by atoms with Crippen LogP contribution >= 0.6 is 7.14 Å². The van der Waals surface area contributed by atoms with E-state index in [1.165, 1.54) is 0 Å². The quantitative estimate of drug-likeness (QED) is 0.174. The molecule has 1 atom stereocenters. The highest BCUT2D eigenvalue weighted by Gasteiger charge is 2.42. The Balaban J connectivity index is 1.28. The molecule has 1 aliphatic heterocycles. The molecule has 1 unspecified atom stereocenters. The minimum absolute atomic E-state index is 0.398. The number of para-hydroxylation sites is 2. The van der Waals surface area contributed by atoms with E-state index in [1.54, 1.807) is 12.4 Å². The molecule has 52 heavy (non-hydrogen) atoms. The van der Waals surface area contributed by atoms with Gasteiger partial charge in [-0.3, -0.25) is 9.13 Å². The van der Waals surface area contributed by atoms with Crippen molar-refractivity contribution in [3.05, 3.63) is 158 Å². The second-order valence-electron chi connectivity index (χ2n) is 12.9. The van der Waals surface area contributed by atoms with Crippen LogP contribution in [0.2, 0.25) is 0 Å². The van der Waals surface area contributed by atoms with Gasteiger partial charge in [0.1, 0.15) is 11.3 Å². The van der Waals surface area contributed by atoms with E-state index in [2.05, 4.69) is 48.5 Å². The van der Waals surface area contributed by atoms with Crippen LogP contribution in [0.1, 0.15) is 0 Å². The average molecular weight is 688 g/mol. The molecule has 5 aromatic heterocycles. The first-order valence-corrected chi connectivity index (χ1v) is 18.8. The van der Waals surface area contributed by atoms with E-state index in [4.69, 9.17) is 24.9 Å². The molecule has 0 saturated carbocycles. The van der Waals surface area contributed by atoms with Crippen molar-refractivity contribution in [2.45, 2.75) is 0 Å². The van der Waals surface area contributed by atoms with Crippen molar-refractivity contribution in [2.24, 2.45) is 0 Å². The monoisotopic (exact) mass is 687 g/mol. The second kappa shape index (κ2) is 10.9. The largest absolute Gasteiger partial charge is 0.309 e. The van der Waals surface area contributed by atoms with Crippen LogP contribution in [0.4, 0.5) is 0 Å². The van der Waals surface area contributed by atoms with Gasteiger partial charge in [0.15, 0.2) is 13.0 Å². The molecule has 6 heterocycles. The normalized spacial score (nSPS) is 15.1. The third kappa shape index (κ3) is 3.92. The van der Waals surface area contributed by atoms with Gasteiger partial charge in [-0.2, -0.15) is 15.0 Å². The van der Waals surface area contributed by atoms with Gasteiger partial charge in [0.2, 0.25) is 11.9 Å². The zero-order valence-electron chi connectivity index (χ0n) is 27.5. The summed E-state index contributed by atoms with van der Waals surface area (Å²) in [5, 5.41) is 6.37. The summed E-state index contributed by atoms with van der Waals surface area (Å²) in [6.07, 6.45) is 3.57. The number of benzene rings is 5. The number of hydrogen-bond acceptors (Lipinski definition) is 6. The molecule has 0 bridgehead atoms. The van der Waals surface area contributed by atoms with Crippen molar-refractivity contribution < 1.29 is 4.57 Å². The summed E-state index contributed by atoms with van der Waals surface area (Å²) < 4.78 is 19.9. The lowest BCUT2D eigenvalue weighted by Crippen LogP contribution is -2.23. The molecule has 5 aromatic carbocycles. The second-order valence-corrected chi connectivity index (χ2v) is 15.5. The van der Waals surface area contributed by atoms with E-state index < -0.39 is 7.14 Å². The number of fused-ring (bicyclic) bond motifs is 9. The fraction of sp³-hybridized carbons (Fsp3) is 0. The van der Waals surface area contributed by atoms with Crippen LogP contribution in [0, 0.1) is 0 Å². The number of pyridine rings is 2. The molecule has 11 rings (SSSR count). The standard InChI is InChI=1S/C43H26N7OP/c51-52(27-13-2-1-3-14-27)37-24-9-6-17-30(37)31-18-10-19-34(38(31)52)39-46-42(49-35-22-7-4-15-28(35)32-20-11-25-44-40(32)49)48-43(47-39)50-36-23-8-5-16-29(36)33-21-12-26-45-41(33)50/h1-26H. The first-order valence-electron chi connectivity index (χ1n) is 17.0. The molecule has 9 heteroatoms. The Hall–Kier alpha value is -6.76. The lowest BCUT2D eigenvalue weighted by atomic mass is 10.0. The number of nitrogens with zero attached hydrogens (tertiary/aromatic N) is 7. The molecule has 244 valence electrons. The molecule has 8 nitrogen and oxygen atoms in total. The van der Waals surface area contributed by atoms with E-state index >= 15 is 4.57 Å². The summed E-state index contributed by atoms with van der Waals surface area (Å²) in [7, 11) is -3.35. The predicted octanol–water partition coefficient (Wildman–Crippen LogP) is 8.14. The first-order chi connectivity index (χ1) is 25.7. The van der Waals surface area contributed by atoms with Crippen LogP contribution in [0.25, 0.3) is 78.3 Å². The lowest BCUT2D eigenvalue weighted by molar-refractivity contribution is 0.593. The summed E-state index contributed by atoms with van der Waals surface area (Å²) >= 11 is 0. The van der Waals surface area contributed by atoms with Crippen LogP contribution in [0.5, 0.6) is 0 Å². The molecule has 0 amide bonds. The van der Waals surface area contributed by atoms with Crippen molar-refractivity contribution >= 4 is 66.9 Å². The smallest absolute Gasteiger partial charge is 0.241 e. The minimum Gasteiger partial charge on any atom is -0.309 e. The van der Waals surface area contributed by atoms with Gasteiger partial charge in [0, 0.05) is 55.4 Å². The third-order valence-electron chi connectivity index (χ3n) is 10.1. The molecular weight excluding hydrogens is 661 g/mol. The molecule has 0 saturated heterocycles. The first kappa shape index (κ1) is 29.0. The van der Waals surface area contributed by atoms with Gasteiger partial charge in [-0.1, -0.05) is 109 Å². The summed E-state index contributed by atoms with van der Waals surface area (Å²) in [5.41, 5.74) is 5.86. The summed E-state index contributed by atoms with van der Waals surface area (Å²) in [5.74, 6) is 1.20. The Morgan fingerprint density at radius 1 is 0.442 bits per heavy atom. The fourth-order valence-electron chi connectivity index (χ4n) is 7.95.